The SMILES string of the molecule is O=C(O)C1CCCN(C(=O)C2CCCc3c(O)cccc32)C1. The zero-order valence-corrected chi connectivity index (χ0v) is 12.5. The molecule has 2 aliphatic rings. The highest BCUT2D eigenvalue weighted by atomic mass is 16.4. The molecule has 3 rings (SSSR count). The minimum Gasteiger partial charge on any atom is -0.508 e. The van der Waals surface area contributed by atoms with Crippen LogP contribution < -0.4 is 0 Å². The maximum absolute atomic E-state index is 12.8. The fourth-order valence-electron chi connectivity index (χ4n) is 3.69. The first-order valence-corrected chi connectivity index (χ1v) is 7.90. The number of amides is 1. The van der Waals surface area contributed by atoms with Crippen LogP contribution in [0.1, 0.15) is 42.7 Å². The number of carboxylic acids is 1. The lowest BCUT2D eigenvalue weighted by Gasteiger charge is -2.35. The molecule has 0 spiro atoms. The first kappa shape index (κ1) is 14.9. The second-order valence-corrected chi connectivity index (χ2v) is 6.25. The first-order chi connectivity index (χ1) is 10.6. The Labute approximate surface area is 129 Å². The molecule has 1 aliphatic heterocycles. The van der Waals surface area contributed by atoms with E-state index in [1.807, 2.05) is 6.07 Å². The van der Waals surface area contributed by atoms with Crippen molar-refractivity contribution >= 4 is 11.9 Å². The van der Waals surface area contributed by atoms with Crippen LogP contribution in [0.4, 0.5) is 0 Å². The molecule has 1 aliphatic carbocycles. The molecular formula is C17H21NO4. The van der Waals surface area contributed by atoms with E-state index in [0.717, 1.165) is 36.8 Å². The summed E-state index contributed by atoms with van der Waals surface area (Å²) in [4.78, 5) is 25.7. The fraction of sp³-hybridized carbons (Fsp3) is 0.529. The van der Waals surface area contributed by atoms with E-state index in [1.54, 1.807) is 17.0 Å². The van der Waals surface area contributed by atoms with Crippen molar-refractivity contribution in [3.63, 3.8) is 0 Å². The number of carboxylic acid groups (broad SMARTS) is 1. The summed E-state index contributed by atoms with van der Waals surface area (Å²) >= 11 is 0. The van der Waals surface area contributed by atoms with Gasteiger partial charge in [-0.3, -0.25) is 9.59 Å². The standard InChI is InChI=1S/C17H21NO4/c19-15-8-2-5-12-13(15)6-1-7-14(12)16(20)18-9-3-4-11(10-18)17(21)22/h2,5,8,11,14,19H,1,3-4,6-7,9-10H2,(H,21,22). The molecule has 1 aromatic carbocycles. The van der Waals surface area contributed by atoms with Crippen molar-refractivity contribution in [2.45, 2.75) is 38.0 Å². The highest BCUT2D eigenvalue weighted by Crippen LogP contribution is 2.37. The summed E-state index contributed by atoms with van der Waals surface area (Å²) in [6.45, 7) is 0.937. The number of likely N-dealkylation sites (tertiary alicyclic amines) is 1. The van der Waals surface area contributed by atoms with Crippen molar-refractivity contribution in [1.82, 2.24) is 4.90 Å². The van der Waals surface area contributed by atoms with Crippen LogP contribution in [-0.2, 0) is 16.0 Å². The zero-order chi connectivity index (χ0) is 15.7. The number of carbonyl (C=O) groups excluding carboxylic acids is 1. The molecule has 1 fully saturated rings. The highest BCUT2D eigenvalue weighted by molar-refractivity contribution is 5.85. The molecule has 22 heavy (non-hydrogen) atoms. The van der Waals surface area contributed by atoms with Gasteiger partial charge in [0.15, 0.2) is 0 Å². The second kappa shape index (κ2) is 5.99. The van der Waals surface area contributed by atoms with Gasteiger partial charge in [-0.1, -0.05) is 12.1 Å². The molecular weight excluding hydrogens is 282 g/mol. The normalized spacial score (nSPS) is 24.6. The van der Waals surface area contributed by atoms with Crippen molar-refractivity contribution in [2.24, 2.45) is 5.92 Å². The van der Waals surface area contributed by atoms with E-state index < -0.39 is 11.9 Å². The first-order valence-electron chi connectivity index (χ1n) is 7.90. The second-order valence-electron chi connectivity index (χ2n) is 6.25. The number of phenolic OH excluding ortho intramolecular Hbond substituents is 1. The van der Waals surface area contributed by atoms with Gasteiger partial charge < -0.3 is 15.1 Å². The van der Waals surface area contributed by atoms with E-state index in [1.165, 1.54) is 0 Å². The third kappa shape index (κ3) is 2.67. The van der Waals surface area contributed by atoms with E-state index in [4.69, 9.17) is 0 Å². The number of aliphatic carboxylic acids is 1. The Morgan fingerprint density at radius 3 is 2.77 bits per heavy atom. The number of rotatable bonds is 2. The monoisotopic (exact) mass is 303 g/mol. The van der Waals surface area contributed by atoms with Gasteiger partial charge in [-0.25, -0.2) is 0 Å². The predicted octanol–water partition coefficient (Wildman–Crippen LogP) is 2.14. The molecule has 118 valence electrons. The van der Waals surface area contributed by atoms with Gasteiger partial charge >= 0.3 is 5.97 Å². The highest BCUT2D eigenvalue weighted by Gasteiger charge is 2.34. The molecule has 1 heterocycles. The van der Waals surface area contributed by atoms with Crippen molar-refractivity contribution in [3.05, 3.63) is 29.3 Å². The largest absolute Gasteiger partial charge is 0.508 e. The van der Waals surface area contributed by atoms with Crippen molar-refractivity contribution in [1.29, 1.82) is 0 Å². The maximum Gasteiger partial charge on any atom is 0.308 e. The summed E-state index contributed by atoms with van der Waals surface area (Å²) in [5, 5.41) is 19.1. The number of benzene rings is 1. The van der Waals surface area contributed by atoms with Crippen LogP contribution >= 0.6 is 0 Å². The number of piperidine rings is 1. The quantitative estimate of drug-likeness (QED) is 0.877. The molecule has 0 saturated carbocycles. The van der Waals surface area contributed by atoms with Crippen molar-refractivity contribution < 1.29 is 19.8 Å². The maximum atomic E-state index is 12.8. The van der Waals surface area contributed by atoms with Crippen LogP contribution in [0, 0.1) is 5.92 Å². The average molecular weight is 303 g/mol. The summed E-state index contributed by atoms with van der Waals surface area (Å²) in [6, 6.07) is 5.35. The number of aromatic hydroxyl groups is 1. The summed E-state index contributed by atoms with van der Waals surface area (Å²) in [7, 11) is 0. The smallest absolute Gasteiger partial charge is 0.308 e. The molecule has 2 atom stereocenters. The van der Waals surface area contributed by atoms with E-state index in [2.05, 4.69) is 0 Å². The van der Waals surface area contributed by atoms with Crippen LogP contribution in [0.15, 0.2) is 18.2 Å². The molecule has 5 heteroatoms. The summed E-state index contributed by atoms with van der Waals surface area (Å²) in [6.07, 6.45) is 3.81. The molecule has 1 aromatic rings. The van der Waals surface area contributed by atoms with Gasteiger partial charge in [0.1, 0.15) is 5.75 Å². The Bertz CT molecular complexity index is 598. The van der Waals surface area contributed by atoms with Gasteiger partial charge in [-0.2, -0.15) is 0 Å². The molecule has 5 nitrogen and oxygen atoms in total. The molecule has 1 saturated heterocycles. The third-order valence-electron chi connectivity index (χ3n) is 4.86. The summed E-state index contributed by atoms with van der Waals surface area (Å²) < 4.78 is 0. The van der Waals surface area contributed by atoms with Crippen LogP contribution in [0.5, 0.6) is 5.75 Å². The van der Waals surface area contributed by atoms with E-state index >= 15 is 0 Å². The molecule has 1 amide bonds. The van der Waals surface area contributed by atoms with Gasteiger partial charge in [0.25, 0.3) is 0 Å². The third-order valence-corrected chi connectivity index (χ3v) is 4.86. The Kier molecular flexibility index (Phi) is 4.05. The number of hydrogen-bond acceptors (Lipinski definition) is 3. The minimum atomic E-state index is -0.820. The van der Waals surface area contributed by atoms with Crippen LogP contribution in [-0.4, -0.2) is 40.1 Å². The Morgan fingerprint density at radius 2 is 2.00 bits per heavy atom. The number of carbonyl (C=O) groups is 2. The molecule has 0 radical (unpaired) electrons. The van der Waals surface area contributed by atoms with Gasteiger partial charge in [0.05, 0.1) is 11.8 Å². The van der Waals surface area contributed by atoms with Gasteiger partial charge in [-0.15, -0.1) is 0 Å². The summed E-state index contributed by atoms with van der Waals surface area (Å²) in [5.41, 5.74) is 1.78. The summed E-state index contributed by atoms with van der Waals surface area (Å²) in [5.74, 6) is -1.25. The van der Waals surface area contributed by atoms with Gasteiger partial charge in [0, 0.05) is 13.1 Å². The van der Waals surface area contributed by atoms with Crippen molar-refractivity contribution in [3.8, 4) is 5.75 Å². The van der Waals surface area contributed by atoms with E-state index in [-0.39, 0.29) is 17.6 Å². The average Bonchev–Trinajstić information content (AvgIpc) is 2.54. The van der Waals surface area contributed by atoms with Gasteiger partial charge in [-0.05, 0) is 49.3 Å². The Hall–Kier alpha value is -2.04. The lowest BCUT2D eigenvalue weighted by atomic mass is 9.81. The number of fused-ring (bicyclic) bond motifs is 1. The fourth-order valence-corrected chi connectivity index (χ4v) is 3.69. The number of hydrogen-bond donors (Lipinski definition) is 2. The Balaban J connectivity index is 1.82. The topological polar surface area (TPSA) is 77.8 Å². The zero-order valence-electron chi connectivity index (χ0n) is 12.5. The lowest BCUT2D eigenvalue weighted by molar-refractivity contribution is -0.146. The van der Waals surface area contributed by atoms with Crippen LogP contribution in [0.3, 0.4) is 0 Å². The Morgan fingerprint density at radius 1 is 1.18 bits per heavy atom. The molecule has 0 bridgehead atoms. The van der Waals surface area contributed by atoms with Crippen LogP contribution in [0.25, 0.3) is 0 Å². The van der Waals surface area contributed by atoms with Crippen molar-refractivity contribution in [2.75, 3.05) is 13.1 Å². The molecule has 0 aromatic heterocycles. The van der Waals surface area contributed by atoms with E-state index in [9.17, 15) is 19.8 Å². The number of nitrogens with zero attached hydrogens (tertiary/aromatic N) is 1. The molecule has 2 N–H and O–H groups in total. The van der Waals surface area contributed by atoms with Crippen LogP contribution in [0.2, 0.25) is 0 Å². The van der Waals surface area contributed by atoms with Gasteiger partial charge in [0.2, 0.25) is 5.91 Å². The predicted molar refractivity (Wildman–Crippen MR) is 80.7 cm³/mol. The lowest BCUT2D eigenvalue weighted by Crippen LogP contribution is -2.44. The number of phenols is 1. The molecule has 2 unspecified atom stereocenters. The minimum absolute atomic E-state index is 0.0116. The van der Waals surface area contributed by atoms with E-state index in [0.29, 0.717) is 19.5 Å².